The molecule has 0 radical (unpaired) electrons. The SMILES string of the molecule is Nc1cc2c(cc1NC1CCOCC1)NC(=O)C2. The standard InChI is InChI=1S/C13H17N3O2/c14-10-5-8-6-13(17)16-11(8)7-12(10)15-9-1-3-18-4-2-9/h5,7,9,15H,1-4,6,14H2,(H,16,17). The van der Waals surface area contributed by atoms with Crippen LogP contribution in [-0.4, -0.2) is 25.2 Å². The molecule has 1 amide bonds. The molecule has 18 heavy (non-hydrogen) atoms. The van der Waals surface area contributed by atoms with Crippen molar-refractivity contribution >= 4 is 23.0 Å². The first kappa shape index (κ1) is 11.3. The van der Waals surface area contributed by atoms with E-state index in [2.05, 4.69) is 10.6 Å². The maximum absolute atomic E-state index is 11.3. The molecule has 2 aliphatic rings. The molecule has 0 bridgehead atoms. The van der Waals surface area contributed by atoms with Crippen molar-refractivity contribution in [2.24, 2.45) is 0 Å². The van der Waals surface area contributed by atoms with Gasteiger partial charge in [0.15, 0.2) is 0 Å². The van der Waals surface area contributed by atoms with Crippen molar-refractivity contribution in [1.29, 1.82) is 0 Å². The van der Waals surface area contributed by atoms with Gasteiger partial charge < -0.3 is 21.1 Å². The number of ether oxygens (including phenoxy) is 1. The second-order valence-electron chi connectivity index (χ2n) is 4.85. The van der Waals surface area contributed by atoms with Crippen LogP contribution in [0.3, 0.4) is 0 Å². The number of carbonyl (C=O) groups excluding carboxylic acids is 1. The fourth-order valence-electron chi connectivity index (χ4n) is 2.48. The lowest BCUT2D eigenvalue weighted by Crippen LogP contribution is -2.28. The van der Waals surface area contributed by atoms with Crippen LogP contribution in [0.5, 0.6) is 0 Å². The minimum Gasteiger partial charge on any atom is -0.397 e. The zero-order chi connectivity index (χ0) is 12.5. The van der Waals surface area contributed by atoms with Gasteiger partial charge in [0.05, 0.1) is 17.8 Å². The van der Waals surface area contributed by atoms with E-state index in [0.717, 1.165) is 43.0 Å². The largest absolute Gasteiger partial charge is 0.397 e. The van der Waals surface area contributed by atoms with Crippen LogP contribution in [0.15, 0.2) is 12.1 Å². The number of fused-ring (bicyclic) bond motifs is 1. The number of anilines is 3. The summed E-state index contributed by atoms with van der Waals surface area (Å²) < 4.78 is 5.33. The molecule has 2 heterocycles. The Morgan fingerprint density at radius 3 is 2.89 bits per heavy atom. The van der Waals surface area contributed by atoms with E-state index in [1.54, 1.807) is 0 Å². The third-order valence-electron chi connectivity index (χ3n) is 3.48. The number of hydrogen-bond donors (Lipinski definition) is 3. The molecule has 0 aromatic heterocycles. The van der Waals surface area contributed by atoms with Crippen LogP contribution in [0.2, 0.25) is 0 Å². The number of nitrogens with two attached hydrogens (primary N) is 1. The van der Waals surface area contributed by atoms with Gasteiger partial charge in [-0.3, -0.25) is 4.79 Å². The topological polar surface area (TPSA) is 76.4 Å². The Balaban J connectivity index is 1.80. The highest BCUT2D eigenvalue weighted by Crippen LogP contribution is 2.32. The molecule has 1 saturated heterocycles. The summed E-state index contributed by atoms with van der Waals surface area (Å²) in [6.07, 6.45) is 2.41. The molecule has 4 N–H and O–H groups in total. The van der Waals surface area contributed by atoms with Gasteiger partial charge in [0, 0.05) is 24.9 Å². The van der Waals surface area contributed by atoms with E-state index in [0.29, 0.717) is 18.2 Å². The van der Waals surface area contributed by atoms with Crippen molar-refractivity contribution < 1.29 is 9.53 Å². The van der Waals surface area contributed by atoms with Gasteiger partial charge in [-0.15, -0.1) is 0 Å². The van der Waals surface area contributed by atoms with Crippen LogP contribution in [-0.2, 0) is 16.0 Å². The number of carbonyl (C=O) groups is 1. The lowest BCUT2D eigenvalue weighted by molar-refractivity contribution is -0.115. The van der Waals surface area contributed by atoms with E-state index in [1.165, 1.54) is 0 Å². The van der Waals surface area contributed by atoms with Crippen molar-refractivity contribution in [3.63, 3.8) is 0 Å². The minimum absolute atomic E-state index is 0.0348. The fraction of sp³-hybridized carbons (Fsp3) is 0.462. The monoisotopic (exact) mass is 247 g/mol. The van der Waals surface area contributed by atoms with Gasteiger partial charge in [-0.05, 0) is 30.5 Å². The summed E-state index contributed by atoms with van der Waals surface area (Å²) in [5, 5.41) is 6.28. The van der Waals surface area contributed by atoms with Gasteiger partial charge in [0.2, 0.25) is 5.91 Å². The molecule has 96 valence electrons. The number of hydrogen-bond acceptors (Lipinski definition) is 4. The molecule has 3 rings (SSSR count). The predicted octanol–water partition coefficient (Wildman–Crippen LogP) is 1.35. The van der Waals surface area contributed by atoms with Gasteiger partial charge in [-0.25, -0.2) is 0 Å². The highest BCUT2D eigenvalue weighted by molar-refractivity contribution is 6.00. The molecule has 0 aliphatic carbocycles. The van der Waals surface area contributed by atoms with Gasteiger partial charge in [0.1, 0.15) is 0 Å². The van der Waals surface area contributed by atoms with Crippen LogP contribution in [0.1, 0.15) is 18.4 Å². The number of benzene rings is 1. The third kappa shape index (κ3) is 2.13. The van der Waals surface area contributed by atoms with Crippen LogP contribution in [0, 0.1) is 0 Å². The number of rotatable bonds is 2. The summed E-state index contributed by atoms with van der Waals surface area (Å²) in [6, 6.07) is 4.22. The Kier molecular flexibility index (Phi) is 2.83. The molecule has 5 heteroatoms. The average Bonchev–Trinajstić information content (AvgIpc) is 2.70. The number of amides is 1. The van der Waals surface area contributed by atoms with E-state index >= 15 is 0 Å². The minimum atomic E-state index is 0.0348. The molecule has 1 aromatic rings. The normalized spacial score (nSPS) is 19.4. The van der Waals surface area contributed by atoms with Crippen molar-refractivity contribution in [2.45, 2.75) is 25.3 Å². The zero-order valence-corrected chi connectivity index (χ0v) is 10.2. The van der Waals surface area contributed by atoms with Crippen molar-refractivity contribution in [2.75, 3.05) is 29.6 Å². The summed E-state index contributed by atoms with van der Waals surface area (Å²) >= 11 is 0. The lowest BCUT2D eigenvalue weighted by atomic mass is 10.1. The first-order chi connectivity index (χ1) is 8.72. The van der Waals surface area contributed by atoms with Crippen molar-refractivity contribution in [3.05, 3.63) is 17.7 Å². The zero-order valence-electron chi connectivity index (χ0n) is 10.2. The average molecular weight is 247 g/mol. The molecule has 0 saturated carbocycles. The Labute approximate surface area is 106 Å². The Morgan fingerprint density at radius 2 is 2.11 bits per heavy atom. The molecular formula is C13H17N3O2. The lowest BCUT2D eigenvalue weighted by Gasteiger charge is -2.25. The molecule has 0 unspecified atom stereocenters. The maximum atomic E-state index is 11.3. The summed E-state index contributed by atoms with van der Waals surface area (Å²) in [5.74, 6) is 0.0348. The van der Waals surface area contributed by atoms with E-state index in [4.69, 9.17) is 10.5 Å². The molecule has 0 spiro atoms. The quantitative estimate of drug-likeness (QED) is 0.690. The highest BCUT2D eigenvalue weighted by Gasteiger charge is 2.21. The molecule has 5 nitrogen and oxygen atoms in total. The van der Waals surface area contributed by atoms with E-state index in [-0.39, 0.29) is 5.91 Å². The van der Waals surface area contributed by atoms with Crippen LogP contribution < -0.4 is 16.4 Å². The molecule has 1 aromatic carbocycles. The van der Waals surface area contributed by atoms with Gasteiger partial charge >= 0.3 is 0 Å². The van der Waals surface area contributed by atoms with Gasteiger partial charge in [-0.2, -0.15) is 0 Å². The predicted molar refractivity (Wildman–Crippen MR) is 70.7 cm³/mol. The Bertz CT molecular complexity index is 481. The second-order valence-corrected chi connectivity index (χ2v) is 4.85. The van der Waals surface area contributed by atoms with Gasteiger partial charge in [-0.1, -0.05) is 0 Å². The maximum Gasteiger partial charge on any atom is 0.228 e. The van der Waals surface area contributed by atoms with E-state index in [9.17, 15) is 4.79 Å². The highest BCUT2D eigenvalue weighted by atomic mass is 16.5. The molecular weight excluding hydrogens is 230 g/mol. The fourth-order valence-corrected chi connectivity index (χ4v) is 2.48. The van der Waals surface area contributed by atoms with Crippen LogP contribution in [0.4, 0.5) is 17.1 Å². The summed E-state index contributed by atoms with van der Waals surface area (Å²) in [4.78, 5) is 11.3. The number of nitrogen functional groups attached to an aromatic ring is 1. The summed E-state index contributed by atoms with van der Waals surface area (Å²) in [6.45, 7) is 1.58. The van der Waals surface area contributed by atoms with Crippen molar-refractivity contribution in [3.8, 4) is 0 Å². The van der Waals surface area contributed by atoms with Crippen LogP contribution in [0.25, 0.3) is 0 Å². The molecule has 2 aliphatic heterocycles. The Hall–Kier alpha value is -1.75. The first-order valence-electron chi connectivity index (χ1n) is 6.29. The smallest absolute Gasteiger partial charge is 0.228 e. The summed E-state index contributed by atoms with van der Waals surface area (Å²) in [7, 11) is 0. The van der Waals surface area contributed by atoms with E-state index in [1.807, 2.05) is 12.1 Å². The molecule has 0 atom stereocenters. The van der Waals surface area contributed by atoms with Crippen LogP contribution >= 0.6 is 0 Å². The van der Waals surface area contributed by atoms with Crippen molar-refractivity contribution in [1.82, 2.24) is 0 Å². The first-order valence-corrected chi connectivity index (χ1v) is 6.29. The Morgan fingerprint density at radius 1 is 1.33 bits per heavy atom. The summed E-state index contributed by atoms with van der Waals surface area (Å²) in [5.41, 5.74) is 9.49. The second kappa shape index (κ2) is 4.49. The van der Waals surface area contributed by atoms with E-state index < -0.39 is 0 Å². The van der Waals surface area contributed by atoms with Gasteiger partial charge in [0.25, 0.3) is 0 Å². The number of nitrogens with one attached hydrogen (secondary N) is 2. The molecule has 1 fully saturated rings. The third-order valence-corrected chi connectivity index (χ3v) is 3.48.